The largest absolute Gasteiger partial charge is 0.378 e. The van der Waals surface area contributed by atoms with Gasteiger partial charge in [-0.15, -0.1) is 11.3 Å². The number of benzene rings is 1. The first kappa shape index (κ1) is 25.9. The summed E-state index contributed by atoms with van der Waals surface area (Å²) in [5.41, 5.74) is 2.39. The second kappa shape index (κ2) is 12.1. The van der Waals surface area contributed by atoms with Gasteiger partial charge in [0, 0.05) is 31.1 Å². The Bertz CT molecular complexity index is 998. The van der Waals surface area contributed by atoms with Gasteiger partial charge in [-0.2, -0.15) is 0 Å². The summed E-state index contributed by atoms with van der Waals surface area (Å²) < 4.78 is 5.40. The van der Waals surface area contributed by atoms with Gasteiger partial charge in [-0.25, -0.2) is 0 Å². The Kier molecular flexibility index (Phi) is 9.20. The molecule has 2 heterocycles. The molecule has 0 unspecified atom stereocenters. The van der Waals surface area contributed by atoms with Crippen LogP contribution < -0.4 is 5.32 Å². The first-order chi connectivity index (χ1) is 16.3. The maximum Gasteiger partial charge on any atom is 0.257 e. The molecule has 0 atom stereocenters. The molecule has 1 aromatic heterocycles. The molecule has 1 aliphatic heterocycles. The number of likely N-dealkylation sites (N-methyl/N-ethyl adjacent to an activating group) is 2. The fourth-order valence-corrected chi connectivity index (χ4v) is 5.24. The van der Waals surface area contributed by atoms with Crippen LogP contribution in [0.4, 0.5) is 5.00 Å². The minimum atomic E-state index is -0.258. The average Bonchev–Trinajstić information content (AvgIpc) is 3.15. The maximum atomic E-state index is 13.4. The molecule has 1 fully saturated rings. The van der Waals surface area contributed by atoms with Crippen LogP contribution in [0.3, 0.4) is 0 Å². The number of rotatable bonds is 9. The van der Waals surface area contributed by atoms with Gasteiger partial charge in [-0.05, 0) is 38.9 Å². The molecule has 8 nitrogen and oxygen atoms in total. The molecule has 34 heavy (non-hydrogen) atoms. The lowest BCUT2D eigenvalue weighted by Gasteiger charge is -2.27. The van der Waals surface area contributed by atoms with Crippen molar-refractivity contribution in [2.24, 2.45) is 0 Å². The predicted molar refractivity (Wildman–Crippen MR) is 135 cm³/mol. The molecule has 0 radical (unpaired) electrons. The summed E-state index contributed by atoms with van der Waals surface area (Å²) >= 11 is 1.41. The molecule has 1 N–H and O–H groups in total. The topological polar surface area (TPSA) is 82.2 Å². The number of morpholine rings is 1. The van der Waals surface area contributed by atoms with Crippen molar-refractivity contribution in [3.05, 3.63) is 41.5 Å². The van der Waals surface area contributed by atoms with E-state index in [1.165, 1.54) is 11.3 Å². The van der Waals surface area contributed by atoms with E-state index in [9.17, 15) is 14.4 Å². The molecule has 0 spiro atoms. The number of hydrogen-bond acceptors (Lipinski definition) is 6. The van der Waals surface area contributed by atoms with E-state index in [0.29, 0.717) is 50.0 Å². The van der Waals surface area contributed by atoms with Gasteiger partial charge in [-0.3, -0.25) is 19.3 Å². The summed E-state index contributed by atoms with van der Waals surface area (Å²) in [5.74, 6) is -0.367. The molecular weight excluding hydrogens is 452 g/mol. The zero-order valence-corrected chi connectivity index (χ0v) is 21.2. The minimum absolute atomic E-state index is 0.0122. The van der Waals surface area contributed by atoms with Gasteiger partial charge in [0.15, 0.2) is 0 Å². The minimum Gasteiger partial charge on any atom is -0.378 e. The number of nitrogens with one attached hydrogen (secondary N) is 1. The van der Waals surface area contributed by atoms with Gasteiger partial charge in [0.2, 0.25) is 11.8 Å². The zero-order valence-electron chi connectivity index (χ0n) is 20.4. The van der Waals surface area contributed by atoms with Crippen LogP contribution in [0.5, 0.6) is 0 Å². The number of ether oxygens (including phenoxy) is 1. The fourth-order valence-electron chi connectivity index (χ4n) is 4.02. The Labute approximate surface area is 205 Å². The normalized spacial score (nSPS) is 13.7. The van der Waals surface area contributed by atoms with E-state index >= 15 is 0 Å². The highest BCUT2D eigenvalue weighted by atomic mass is 32.1. The molecule has 0 aliphatic carbocycles. The van der Waals surface area contributed by atoms with Gasteiger partial charge in [0.25, 0.3) is 5.91 Å². The summed E-state index contributed by atoms with van der Waals surface area (Å²) in [7, 11) is 1.75. The molecular formula is C25H34N4O4S. The Hall–Kier alpha value is -2.75. The van der Waals surface area contributed by atoms with Crippen LogP contribution in [0, 0.1) is 6.92 Å². The van der Waals surface area contributed by atoms with Gasteiger partial charge in [0.1, 0.15) is 5.00 Å². The van der Waals surface area contributed by atoms with Crippen LogP contribution >= 0.6 is 11.3 Å². The first-order valence-electron chi connectivity index (χ1n) is 11.7. The van der Waals surface area contributed by atoms with E-state index in [2.05, 4.69) is 5.32 Å². The van der Waals surface area contributed by atoms with Gasteiger partial charge >= 0.3 is 0 Å². The zero-order chi connectivity index (χ0) is 24.7. The highest BCUT2D eigenvalue weighted by molar-refractivity contribution is 7.20. The Morgan fingerprint density at radius 2 is 1.71 bits per heavy atom. The second-order valence-electron chi connectivity index (χ2n) is 8.32. The SMILES string of the molecule is CCN(CC)C(=O)CN(C)CC(=O)Nc1sc(-c2ccccc2)c(C)c1C(=O)N1CCOCC1. The van der Waals surface area contributed by atoms with E-state index in [4.69, 9.17) is 4.74 Å². The van der Waals surface area contributed by atoms with Crippen molar-refractivity contribution < 1.29 is 19.1 Å². The third-order valence-electron chi connectivity index (χ3n) is 5.88. The Balaban J connectivity index is 1.81. The molecule has 184 valence electrons. The number of thiophene rings is 1. The molecule has 0 saturated carbocycles. The third-order valence-corrected chi connectivity index (χ3v) is 7.14. The van der Waals surface area contributed by atoms with E-state index in [0.717, 1.165) is 16.0 Å². The van der Waals surface area contributed by atoms with Crippen LogP contribution in [-0.4, -0.2) is 92.0 Å². The lowest BCUT2D eigenvalue weighted by Crippen LogP contribution is -2.42. The van der Waals surface area contributed by atoms with Crippen LogP contribution in [0.2, 0.25) is 0 Å². The van der Waals surface area contributed by atoms with Crippen molar-refractivity contribution in [2.45, 2.75) is 20.8 Å². The molecule has 1 saturated heterocycles. The molecule has 3 amide bonds. The summed E-state index contributed by atoms with van der Waals surface area (Å²) in [5, 5.41) is 3.50. The standard InChI is InChI=1S/C25H34N4O4S/c1-5-28(6-2)21(31)17-27(4)16-20(30)26-24-22(25(32)29-12-14-33-15-13-29)18(3)23(34-24)19-10-8-7-9-11-19/h7-11H,5-6,12-17H2,1-4H3,(H,26,30). The summed E-state index contributed by atoms with van der Waals surface area (Å²) in [6.45, 7) is 9.35. The number of nitrogens with zero attached hydrogens (tertiary/aromatic N) is 3. The summed E-state index contributed by atoms with van der Waals surface area (Å²) in [6.07, 6.45) is 0. The van der Waals surface area contributed by atoms with Gasteiger partial charge < -0.3 is 19.9 Å². The highest BCUT2D eigenvalue weighted by Gasteiger charge is 2.28. The van der Waals surface area contributed by atoms with E-state index < -0.39 is 0 Å². The number of hydrogen-bond donors (Lipinski definition) is 1. The molecule has 2 aromatic rings. The molecule has 3 rings (SSSR count). The van der Waals surface area contributed by atoms with Gasteiger partial charge in [0.05, 0.1) is 31.9 Å². The van der Waals surface area contributed by atoms with Crippen molar-refractivity contribution in [1.82, 2.24) is 14.7 Å². The third kappa shape index (κ3) is 6.22. The molecule has 9 heteroatoms. The lowest BCUT2D eigenvalue weighted by atomic mass is 10.1. The molecule has 1 aromatic carbocycles. The Morgan fingerprint density at radius 1 is 1.06 bits per heavy atom. The van der Waals surface area contributed by atoms with Crippen LogP contribution in [-0.2, 0) is 14.3 Å². The summed E-state index contributed by atoms with van der Waals surface area (Å²) in [4.78, 5) is 44.9. The predicted octanol–water partition coefficient (Wildman–Crippen LogP) is 2.93. The average molecular weight is 487 g/mol. The van der Waals surface area contributed by atoms with Gasteiger partial charge in [-0.1, -0.05) is 30.3 Å². The van der Waals surface area contributed by atoms with Crippen LogP contribution in [0.25, 0.3) is 10.4 Å². The van der Waals surface area contributed by atoms with Crippen LogP contribution in [0.15, 0.2) is 30.3 Å². The van der Waals surface area contributed by atoms with E-state index in [-0.39, 0.29) is 30.8 Å². The van der Waals surface area contributed by atoms with E-state index in [1.54, 1.807) is 21.7 Å². The second-order valence-corrected chi connectivity index (χ2v) is 9.34. The number of carbonyl (C=O) groups is 3. The number of amides is 3. The lowest BCUT2D eigenvalue weighted by molar-refractivity contribution is -0.132. The summed E-state index contributed by atoms with van der Waals surface area (Å²) in [6, 6.07) is 9.86. The maximum absolute atomic E-state index is 13.4. The van der Waals surface area contributed by atoms with Crippen molar-refractivity contribution in [1.29, 1.82) is 0 Å². The van der Waals surface area contributed by atoms with Crippen LogP contribution in [0.1, 0.15) is 29.8 Å². The highest BCUT2D eigenvalue weighted by Crippen LogP contribution is 2.40. The Morgan fingerprint density at radius 3 is 2.32 bits per heavy atom. The van der Waals surface area contributed by atoms with Crippen molar-refractivity contribution in [3.8, 4) is 10.4 Å². The molecule has 0 bridgehead atoms. The van der Waals surface area contributed by atoms with Crippen molar-refractivity contribution in [2.75, 3.05) is 64.8 Å². The van der Waals surface area contributed by atoms with Crippen molar-refractivity contribution >= 4 is 34.1 Å². The fraction of sp³-hybridized carbons (Fsp3) is 0.480. The smallest absolute Gasteiger partial charge is 0.257 e. The number of carbonyl (C=O) groups excluding carboxylic acids is 3. The monoisotopic (exact) mass is 486 g/mol. The first-order valence-corrected chi connectivity index (χ1v) is 12.5. The van der Waals surface area contributed by atoms with Crippen molar-refractivity contribution in [3.63, 3.8) is 0 Å². The number of anilines is 1. The molecule has 1 aliphatic rings. The quantitative estimate of drug-likeness (QED) is 0.589. The van der Waals surface area contributed by atoms with E-state index in [1.807, 2.05) is 51.1 Å².